The average Bonchev–Trinajstić information content (AvgIpc) is 3.07. The first kappa shape index (κ1) is 24.6. The summed E-state index contributed by atoms with van der Waals surface area (Å²) in [4.78, 5) is 2.62. The van der Waals surface area contributed by atoms with Crippen molar-refractivity contribution in [2.24, 2.45) is 0 Å². The fraction of sp³-hybridized carbons (Fsp3) is 0.727. The third-order valence-corrected chi connectivity index (χ3v) is 11.0. The summed E-state index contributed by atoms with van der Waals surface area (Å²) in [5, 5.41) is 0. The van der Waals surface area contributed by atoms with E-state index in [0.29, 0.717) is 37.5 Å². The van der Waals surface area contributed by atoms with Gasteiger partial charge in [0.2, 0.25) is 10.0 Å². The number of benzene rings is 1. The Labute approximate surface area is 187 Å². The molecule has 0 spiro atoms. The van der Waals surface area contributed by atoms with Crippen LogP contribution in [-0.2, 0) is 24.6 Å². The van der Waals surface area contributed by atoms with Gasteiger partial charge in [-0.2, -0.15) is 4.31 Å². The maximum absolute atomic E-state index is 14.0. The lowest BCUT2D eigenvalue weighted by Gasteiger charge is -2.31. The maximum atomic E-state index is 14.0. The molecule has 2 saturated heterocycles. The second kappa shape index (κ2) is 9.47. The number of hydrogen-bond donors (Lipinski definition) is 0. The molecule has 7 nitrogen and oxygen atoms in total. The molecule has 0 aliphatic carbocycles. The van der Waals surface area contributed by atoms with Crippen LogP contribution in [-0.4, -0.2) is 83.0 Å². The lowest BCUT2D eigenvalue weighted by atomic mass is 9.95. The van der Waals surface area contributed by atoms with Crippen LogP contribution in [0.4, 0.5) is 0 Å². The standard InChI is InChI=1S/C22H36N2O5S2/c1-16-17(2)19(4)22(20(5)18(16)3)31(27,28)24(21-7-14-30(25,26)15-21)9-6-8-23-10-12-29-13-11-23/h21H,6-15H2,1-5H3. The molecule has 3 rings (SSSR count). The fourth-order valence-electron chi connectivity index (χ4n) is 4.75. The molecule has 0 saturated carbocycles. The highest BCUT2D eigenvalue weighted by Gasteiger charge is 2.40. The zero-order valence-corrected chi connectivity index (χ0v) is 21.0. The van der Waals surface area contributed by atoms with Crippen LogP contribution in [0, 0.1) is 34.6 Å². The maximum Gasteiger partial charge on any atom is 0.243 e. The van der Waals surface area contributed by atoms with Gasteiger partial charge in [-0.15, -0.1) is 0 Å². The molecule has 176 valence electrons. The van der Waals surface area contributed by atoms with Gasteiger partial charge in [0.15, 0.2) is 9.84 Å². The zero-order valence-electron chi connectivity index (χ0n) is 19.4. The van der Waals surface area contributed by atoms with Crippen LogP contribution in [0.5, 0.6) is 0 Å². The van der Waals surface area contributed by atoms with Crippen molar-refractivity contribution in [2.75, 3.05) is 50.9 Å². The van der Waals surface area contributed by atoms with E-state index in [1.807, 2.05) is 34.6 Å². The SMILES string of the molecule is Cc1c(C)c(C)c(S(=O)(=O)N(CCCN2CCOCC2)C2CCS(=O)(=O)C2)c(C)c1C. The number of hydrogen-bond acceptors (Lipinski definition) is 6. The highest BCUT2D eigenvalue weighted by atomic mass is 32.2. The smallest absolute Gasteiger partial charge is 0.243 e. The molecular weight excluding hydrogens is 436 g/mol. The van der Waals surface area contributed by atoms with Gasteiger partial charge in [-0.3, -0.25) is 4.90 Å². The molecule has 1 aromatic rings. The second-order valence-electron chi connectivity index (χ2n) is 8.93. The highest BCUT2D eigenvalue weighted by Crippen LogP contribution is 2.34. The molecule has 9 heteroatoms. The van der Waals surface area contributed by atoms with Crippen LogP contribution in [0.2, 0.25) is 0 Å². The monoisotopic (exact) mass is 472 g/mol. The van der Waals surface area contributed by atoms with Crippen molar-refractivity contribution in [1.82, 2.24) is 9.21 Å². The molecule has 1 atom stereocenters. The van der Waals surface area contributed by atoms with Gasteiger partial charge in [0.25, 0.3) is 0 Å². The molecule has 2 aliphatic rings. The van der Waals surface area contributed by atoms with Gasteiger partial charge in [0.05, 0.1) is 29.6 Å². The van der Waals surface area contributed by atoms with E-state index in [9.17, 15) is 16.8 Å². The normalized spacial score (nSPS) is 22.3. The number of sulfone groups is 1. The van der Waals surface area contributed by atoms with Crippen molar-refractivity contribution in [3.05, 3.63) is 27.8 Å². The van der Waals surface area contributed by atoms with Gasteiger partial charge < -0.3 is 4.74 Å². The van der Waals surface area contributed by atoms with E-state index in [-0.39, 0.29) is 11.5 Å². The third-order valence-electron chi connectivity index (χ3n) is 7.07. The Kier molecular flexibility index (Phi) is 7.53. The third kappa shape index (κ3) is 5.16. The zero-order chi connectivity index (χ0) is 23.0. The molecule has 1 unspecified atom stereocenters. The van der Waals surface area contributed by atoms with E-state index in [1.165, 1.54) is 4.31 Å². The summed E-state index contributed by atoms with van der Waals surface area (Å²) in [6.45, 7) is 13.8. The Morgan fingerprint density at radius 2 is 1.52 bits per heavy atom. The second-order valence-corrected chi connectivity index (χ2v) is 13.0. The van der Waals surface area contributed by atoms with E-state index in [2.05, 4.69) is 4.90 Å². The lowest BCUT2D eigenvalue weighted by Crippen LogP contribution is -2.44. The summed E-state index contributed by atoms with van der Waals surface area (Å²) < 4.78 is 59.2. The molecule has 0 aromatic heterocycles. The molecule has 0 bridgehead atoms. The highest BCUT2D eigenvalue weighted by molar-refractivity contribution is 7.92. The Morgan fingerprint density at radius 3 is 2.03 bits per heavy atom. The first-order valence-corrected chi connectivity index (χ1v) is 14.3. The summed E-state index contributed by atoms with van der Waals surface area (Å²) in [6.07, 6.45) is 1.03. The summed E-state index contributed by atoms with van der Waals surface area (Å²) in [5.41, 5.74) is 4.60. The van der Waals surface area contributed by atoms with E-state index < -0.39 is 25.9 Å². The van der Waals surface area contributed by atoms with Gasteiger partial charge in [0, 0.05) is 25.7 Å². The summed E-state index contributed by atoms with van der Waals surface area (Å²) in [7, 11) is -7.04. The molecule has 31 heavy (non-hydrogen) atoms. The van der Waals surface area contributed by atoms with Crippen molar-refractivity contribution < 1.29 is 21.6 Å². The van der Waals surface area contributed by atoms with E-state index in [4.69, 9.17) is 4.74 Å². The van der Waals surface area contributed by atoms with Crippen molar-refractivity contribution in [1.29, 1.82) is 0 Å². The molecule has 0 N–H and O–H groups in total. The quantitative estimate of drug-likeness (QED) is 0.605. The number of rotatable bonds is 7. The predicted molar refractivity (Wildman–Crippen MR) is 123 cm³/mol. The number of nitrogens with zero attached hydrogens (tertiary/aromatic N) is 2. The Hall–Kier alpha value is -1.00. The van der Waals surface area contributed by atoms with E-state index in [0.717, 1.165) is 47.5 Å². The Bertz CT molecular complexity index is 999. The summed E-state index contributed by atoms with van der Waals surface area (Å²) >= 11 is 0. The summed E-state index contributed by atoms with van der Waals surface area (Å²) in [5.74, 6) is -0.0389. The van der Waals surface area contributed by atoms with Crippen LogP contribution in [0.1, 0.15) is 40.7 Å². The topological polar surface area (TPSA) is 84.0 Å². The van der Waals surface area contributed by atoms with Crippen LogP contribution in [0.15, 0.2) is 4.90 Å². The van der Waals surface area contributed by atoms with Crippen LogP contribution < -0.4 is 0 Å². The largest absolute Gasteiger partial charge is 0.379 e. The number of sulfonamides is 1. The summed E-state index contributed by atoms with van der Waals surface area (Å²) in [6, 6.07) is -0.500. The predicted octanol–water partition coefficient (Wildman–Crippen LogP) is 2.13. The van der Waals surface area contributed by atoms with Crippen molar-refractivity contribution in [2.45, 2.75) is 58.4 Å². The van der Waals surface area contributed by atoms with Crippen LogP contribution in [0.25, 0.3) is 0 Å². The van der Waals surface area contributed by atoms with Gasteiger partial charge in [-0.25, -0.2) is 16.8 Å². The average molecular weight is 473 g/mol. The first-order valence-electron chi connectivity index (χ1n) is 11.0. The van der Waals surface area contributed by atoms with Gasteiger partial charge >= 0.3 is 0 Å². The lowest BCUT2D eigenvalue weighted by molar-refractivity contribution is 0.0367. The van der Waals surface area contributed by atoms with E-state index in [1.54, 1.807) is 0 Å². The van der Waals surface area contributed by atoms with Crippen molar-refractivity contribution in [3.63, 3.8) is 0 Å². The molecule has 0 radical (unpaired) electrons. The molecular formula is C22H36N2O5S2. The molecule has 0 amide bonds. The number of morpholine rings is 1. The fourth-order valence-corrected chi connectivity index (χ4v) is 8.83. The van der Waals surface area contributed by atoms with Gasteiger partial charge in [-0.05, 0) is 81.8 Å². The van der Waals surface area contributed by atoms with E-state index >= 15 is 0 Å². The minimum Gasteiger partial charge on any atom is -0.379 e. The molecule has 2 heterocycles. The first-order chi connectivity index (χ1) is 14.5. The van der Waals surface area contributed by atoms with Crippen LogP contribution >= 0.6 is 0 Å². The molecule has 2 fully saturated rings. The Morgan fingerprint density at radius 1 is 0.968 bits per heavy atom. The minimum atomic E-state index is -3.84. The van der Waals surface area contributed by atoms with Gasteiger partial charge in [0.1, 0.15) is 0 Å². The molecule has 1 aromatic carbocycles. The minimum absolute atomic E-state index is 0.0526. The van der Waals surface area contributed by atoms with Crippen LogP contribution in [0.3, 0.4) is 0 Å². The Balaban J connectivity index is 1.94. The number of ether oxygens (including phenoxy) is 1. The van der Waals surface area contributed by atoms with Crippen molar-refractivity contribution in [3.8, 4) is 0 Å². The van der Waals surface area contributed by atoms with Gasteiger partial charge in [-0.1, -0.05) is 0 Å². The molecule has 2 aliphatic heterocycles. The van der Waals surface area contributed by atoms with Crippen molar-refractivity contribution >= 4 is 19.9 Å².